The van der Waals surface area contributed by atoms with Crippen molar-refractivity contribution in [3.63, 3.8) is 0 Å². The third kappa shape index (κ3) is 8.19. The van der Waals surface area contributed by atoms with E-state index in [2.05, 4.69) is 16.0 Å². The highest BCUT2D eigenvalue weighted by molar-refractivity contribution is 5.98. The summed E-state index contributed by atoms with van der Waals surface area (Å²) in [5.41, 5.74) is 1.58. The lowest BCUT2D eigenvalue weighted by molar-refractivity contribution is -0.147. The number of nitrogens with one attached hydrogen (secondary N) is 3. The number of amides is 4. The van der Waals surface area contributed by atoms with Crippen molar-refractivity contribution in [3.05, 3.63) is 36.0 Å². The summed E-state index contributed by atoms with van der Waals surface area (Å²) in [5.74, 6) is -1.84. The first kappa shape index (κ1) is 35.2. The molecule has 0 bridgehead atoms. The standard InChI is InChI=1S/C34H51N5O7/c1-5-21(3)30-34(45)38-18-12-11-16-27(38)33(44)35-24(14-8-10-17-29(41)28(40)6-2)31(42)36-25(32(43)37-30)19-22-20-39(46-4)26-15-9-7-13-23(22)26/h7,9,13,15,20-21,24-25,27-30,40-41H,5-6,8,10-12,14,16-19H2,1-4H3,(H,35,44)(H,36,42)(H,37,43)/t21?,24-,25-,27-,28?,29?,30-/m1/s1. The molecule has 3 heterocycles. The van der Waals surface area contributed by atoms with Gasteiger partial charge in [0.1, 0.15) is 31.3 Å². The highest BCUT2D eigenvalue weighted by Gasteiger charge is 2.41. The third-order valence-corrected chi connectivity index (χ3v) is 9.62. The number of benzene rings is 1. The smallest absolute Gasteiger partial charge is 0.246 e. The molecule has 12 heteroatoms. The number of hydrogen-bond donors (Lipinski definition) is 5. The highest BCUT2D eigenvalue weighted by Crippen LogP contribution is 2.24. The molecule has 2 aliphatic rings. The molecular weight excluding hydrogens is 590 g/mol. The average Bonchev–Trinajstić information content (AvgIpc) is 3.43. The number of aliphatic hydroxyl groups excluding tert-OH is 2. The van der Waals surface area contributed by atoms with E-state index < -0.39 is 48.2 Å². The summed E-state index contributed by atoms with van der Waals surface area (Å²) in [7, 11) is 1.55. The van der Waals surface area contributed by atoms with Gasteiger partial charge in [0.25, 0.3) is 0 Å². The summed E-state index contributed by atoms with van der Waals surface area (Å²) in [6, 6.07) is 4.00. The topological polar surface area (TPSA) is 162 Å². The Morgan fingerprint density at radius 1 is 0.913 bits per heavy atom. The van der Waals surface area contributed by atoms with Gasteiger partial charge >= 0.3 is 0 Å². The van der Waals surface area contributed by atoms with E-state index in [4.69, 9.17) is 4.84 Å². The van der Waals surface area contributed by atoms with Crippen molar-refractivity contribution < 1.29 is 34.2 Å². The number of para-hydroxylation sites is 1. The fraction of sp³-hybridized carbons (Fsp3) is 0.647. The molecule has 2 aliphatic heterocycles. The summed E-state index contributed by atoms with van der Waals surface area (Å²) < 4.78 is 1.61. The molecule has 0 aliphatic carbocycles. The van der Waals surface area contributed by atoms with Crippen LogP contribution in [0.3, 0.4) is 0 Å². The van der Waals surface area contributed by atoms with E-state index in [-0.39, 0.29) is 30.6 Å². The summed E-state index contributed by atoms with van der Waals surface area (Å²) in [6.07, 6.45) is 4.93. The van der Waals surface area contributed by atoms with Crippen LogP contribution in [0.5, 0.6) is 0 Å². The van der Waals surface area contributed by atoms with Crippen LogP contribution in [0.1, 0.15) is 84.1 Å². The summed E-state index contributed by atoms with van der Waals surface area (Å²) in [4.78, 5) is 62.8. The fourth-order valence-corrected chi connectivity index (χ4v) is 6.52. The Hall–Kier alpha value is -3.64. The second-order valence-electron chi connectivity index (χ2n) is 12.7. The molecule has 2 aromatic rings. The highest BCUT2D eigenvalue weighted by atomic mass is 16.6. The Balaban J connectivity index is 1.66. The van der Waals surface area contributed by atoms with E-state index in [0.717, 1.165) is 29.3 Å². The van der Waals surface area contributed by atoms with Crippen LogP contribution in [-0.2, 0) is 25.6 Å². The molecule has 0 saturated carbocycles. The Morgan fingerprint density at radius 2 is 1.63 bits per heavy atom. The molecular formula is C34H51N5O7. The largest absolute Gasteiger partial charge is 0.417 e. The van der Waals surface area contributed by atoms with Gasteiger partial charge in [-0.25, -0.2) is 0 Å². The average molecular weight is 642 g/mol. The van der Waals surface area contributed by atoms with Crippen molar-refractivity contribution in [2.45, 2.75) is 121 Å². The van der Waals surface area contributed by atoms with E-state index >= 15 is 0 Å². The number of fused-ring (bicyclic) bond motifs is 2. The number of hydrogen-bond acceptors (Lipinski definition) is 7. The predicted molar refractivity (Wildman–Crippen MR) is 174 cm³/mol. The first-order chi connectivity index (χ1) is 22.1. The minimum absolute atomic E-state index is 0.129. The second kappa shape index (κ2) is 16.3. The van der Waals surface area contributed by atoms with E-state index in [1.807, 2.05) is 38.1 Å². The molecule has 1 aromatic carbocycles. The molecule has 4 rings (SSSR count). The molecule has 46 heavy (non-hydrogen) atoms. The van der Waals surface area contributed by atoms with Gasteiger partial charge in [-0.2, -0.15) is 4.73 Å². The van der Waals surface area contributed by atoms with Gasteiger partial charge in [-0.05, 0) is 56.1 Å². The van der Waals surface area contributed by atoms with Crippen LogP contribution in [0, 0.1) is 5.92 Å². The number of piperidine rings is 1. The quantitative estimate of drug-likeness (QED) is 0.221. The maximum Gasteiger partial charge on any atom is 0.246 e. The third-order valence-electron chi connectivity index (χ3n) is 9.62. The summed E-state index contributed by atoms with van der Waals surface area (Å²) >= 11 is 0. The molecule has 0 spiro atoms. The molecule has 0 radical (unpaired) electrons. The number of unbranched alkanes of at least 4 members (excludes halogenated alkanes) is 1. The lowest BCUT2D eigenvalue weighted by Crippen LogP contribution is -2.64. The van der Waals surface area contributed by atoms with Crippen LogP contribution in [0.4, 0.5) is 0 Å². The van der Waals surface area contributed by atoms with Gasteiger partial charge in [0.05, 0.1) is 17.7 Å². The number of carbonyl (C=O) groups is 4. The Kier molecular flexibility index (Phi) is 12.5. The van der Waals surface area contributed by atoms with Gasteiger partial charge in [-0.1, -0.05) is 58.2 Å². The van der Waals surface area contributed by atoms with E-state index in [0.29, 0.717) is 45.1 Å². The zero-order valence-corrected chi connectivity index (χ0v) is 27.5. The molecule has 254 valence electrons. The van der Waals surface area contributed by atoms with E-state index in [9.17, 15) is 29.4 Å². The van der Waals surface area contributed by atoms with E-state index in [1.54, 1.807) is 29.9 Å². The number of aliphatic hydroxyl groups is 2. The first-order valence-electron chi connectivity index (χ1n) is 16.8. The number of nitrogens with zero attached hydrogens (tertiary/aromatic N) is 2. The van der Waals surface area contributed by atoms with Crippen LogP contribution in [-0.4, -0.2) is 93.5 Å². The molecule has 2 saturated heterocycles. The Bertz CT molecular complexity index is 1360. The predicted octanol–water partition coefficient (Wildman–Crippen LogP) is 1.83. The van der Waals surface area contributed by atoms with Gasteiger partial charge in [0.15, 0.2) is 0 Å². The molecule has 7 atom stereocenters. The van der Waals surface area contributed by atoms with Gasteiger partial charge in [0, 0.05) is 24.5 Å². The summed E-state index contributed by atoms with van der Waals surface area (Å²) in [6.45, 7) is 6.04. The molecule has 2 fully saturated rings. The normalized spacial score (nSPS) is 25.0. The van der Waals surface area contributed by atoms with Crippen LogP contribution in [0.2, 0.25) is 0 Å². The number of rotatable bonds is 12. The van der Waals surface area contributed by atoms with Crippen molar-refractivity contribution in [3.8, 4) is 0 Å². The van der Waals surface area contributed by atoms with Crippen molar-refractivity contribution in [1.29, 1.82) is 0 Å². The minimum atomic E-state index is -1.04. The van der Waals surface area contributed by atoms with E-state index in [1.165, 1.54) is 0 Å². The molecule has 12 nitrogen and oxygen atoms in total. The lowest BCUT2D eigenvalue weighted by atomic mass is 9.93. The second-order valence-corrected chi connectivity index (χ2v) is 12.7. The maximum absolute atomic E-state index is 14.1. The zero-order chi connectivity index (χ0) is 33.4. The van der Waals surface area contributed by atoms with Crippen molar-refractivity contribution in [2.24, 2.45) is 5.92 Å². The Labute approximate surface area is 271 Å². The zero-order valence-electron chi connectivity index (χ0n) is 27.5. The number of aromatic nitrogens is 1. The monoisotopic (exact) mass is 641 g/mol. The van der Waals surface area contributed by atoms with Crippen molar-refractivity contribution >= 4 is 34.5 Å². The minimum Gasteiger partial charge on any atom is -0.417 e. The van der Waals surface area contributed by atoms with Crippen LogP contribution < -0.4 is 20.8 Å². The molecule has 5 N–H and O–H groups in total. The van der Waals surface area contributed by atoms with Crippen molar-refractivity contribution in [2.75, 3.05) is 13.7 Å². The lowest BCUT2D eigenvalue weighted by Gasteiger charge is -2.39. The summed E-state index contributed by atoms with van der Waals surface area (Å²) in [5, 5.41) is 29.8. The SMILES string of the molecule is CCC(O)C(O)CCCC[C@H]1NC(=O)[C@H]2CCCCN2C(=O)[C@@H](C(C)CC)NC(=O)[C@@H](Cc2cn(OC)c3ccccc23)NC1=O. The van der Waals surface area contributed by atoms with Crippen LogP contribution in [0.15, 0.2) is 30.5 Å². The van der Waals surface area contributed by atoms with Gasteiger partial charge in [-0.3, -0.25) is 19.2 Å². The first-order valence-corrected chi connectivity index (χ1v) is 16.8. The number of carbonyl (C=O) groups excluding carboxylic acids is 4. The van der Waals surface area contributed by atoms with Gasteiger partial charge in [-0.15, -0.1) is 0 Å². The van der Waals surface area contributed by atoms with Crippen molar-refractivity contribution in [1.82, 2.24) is 25.6 Å². The molecule has 1 aromatic heterocycles. The van der Waals surface area contributed by atoms with Crippen LogP contribution >= 0.6 is 0 Å². The molecule has 3 unspecified atom stereocenters. The van der Waals surface area contributed by atoms with Crippen LogP contribution in [0.25, 0.3) is 10.9 Å². The molecule has 4 amide bonds. The Morgan fingerprint density at radius 3 is 2.35 bits per heavy atom. The fourth-order valence-electron chi connectivity index (χ4n) is 6.52. The van der Waals surface area contributed by atoms with Gasteiger partial charge in [0.2, 0.25) is 23.6 Å². The maximum atomic E-state index is 14.1. The van der Waals surface area contributed by atoms with Gasteiger partial charge < -0.3 is 35.9 Å².